The summed E-state index contributed by atoms with van der Waals surface area (Å²) in [6, 6.07) is 33.9. The molecule has 4 N–H and O–H groups in total. The molecule has 0 bridgehead atoms. The van der Waals surface area contributed by atoms with Crippen molar-refractivity contribution in [3.05, 3.63) is 149 Å². The Hall–Kier alpha value is -6.53. The number of carbonyl (C=O) groups excluding carboxylic acids is 3. The highest BCUT2D eigenvalue weighted by molar-refractivity contribution is 8.00. The van der Waals surface area contributed by atoms with Crippen molar-refractivity contribution in [1.29, 1.82) is 0 Å². The van der Waals surface area contributed by atoms with Crippen LogP contribution in [0.2, 0.25) is 0 Å². The summed E-state index contributed by atoms with van der Waals surface area (Å²) in [5.74, 6) is -1.24. The van der Waals surface area contributed by atoms with Gasteiger partial charge in [0.05, 0.1) is 26.9 Å². The zero-order valence-corrected chi connectivity index (χ0v) is 29.2. The maximum absolute atomic E-state index is 13.7. The molecule has 3 amide bonds. The van der Waals surface area contributed by atoms with Gasteiger partial charge in [-0.2, -0.15) is 0 Å². The quantitative estimate of drug-likeness (QED) is 0.0685. The van der Waals surface area contributed by atoms with E-state index in [1.807, 2.05) is 30.3 Å². The number of carboxylic acid groups (broad SMARTS) is 1. The van der Waals surface area contributed by atoms with Crippen molar-refractivity contribution in [2.45, 2.75) is 10.1 Å². The number of benzene rings is 5. The summed E-state index contributed by atoms with van der Waals surface area (Å²) >= 11 is 1.31. The zero-order chi connectivity index (χ0) is 37.0. The highest BCUT2D eigenvalue weighted by atomic mass is 32.2. The van der Waals surface area contributed by atoms with Crippen LogP contribution in [0.1, 0.15) is 37.1 Å². The number of anilines is 2. The molecule has 5 aromatic carbocycles. The highest BCUT2D eigenvalue weighted by Crippen LogP contribution is 2.38. The normalized spacial score (nSPS) is 11.5. The summed E-state index contributed by atoms with van der Waals surface area (Å²) in [6.07, 6.45) is 1.49. The van der Waals surface area contributed by atoms with Crippen molar-refractivity contribution in [2.75, 3.05) is 32.0 Å². The molecule has 11 nitrogen and oxygen atoms in total. The van der Waals surface area contributed by atoms with E-state index in [2.05, 4.69) is 16.0 Å². The molecule has 0 aliphatic carbocycles. The standard InChI is InChI=1S/C40H35N3O8S/c1-49-33-24-35(51-3)34(50-2)23-28(33)22-32(43-37(44)26-12-8-5-9-13-26)38(45)41-30-18-20-31(21-19-30)52-36(25-10-6-4-7-11-25)39(46)42-29-16-14-27(15-17-29)40(47)48/h4-24,36H,1-3H3,(H,41,45)(H,42,46)(H,43,44)(H,47,48)/b32-22-. The van der Waals surface area contributed by atoms with Gasteiger partial charge in [-0.15, -0.1) is 11.8 Å². The fourth-order valence-corrected chi connectivity index (χ4v) is 6.04. The minimum atomic E-state index is -1.06. The largest absolute Gasteiger partial charge is 0.496 e. The van der Waals surface area contributed by atoms with Crippen molar-refractivity contribution in [3.63, 3.8) is 0 Å². The molecule has 1 atom stereocenters. The molecule has 5 aromatic rings. The lowest BCUT2D eigenvalue weighted by atomic mass is 10.1. The van der Waals surface area contributed by atoms with Gasteiger partial charge in [-0.1, -0.05) is 48.5 Å². The fraction of sp³-hybridized carbons (Fsp3) is 0.100. The Morgan fingerprint density at radius 2 is 1.21 bits per heavy atom. The summed E-state index contributed by atoms with van der Waals surface area (Å²) in [6.45, 7) is 0. The number of rotatable bonds is 14. The SMILES string of the molecule is COc1cc(OC)c(OC)cc1/C=C(\NC(=O)c1ccccc1)C(=O)Nc1ccc(SC(C(=O)Nc2ccc(C(=O)O)cc2)c2ccccc2)cc1. The van der Waals surface area contributed by atoms with Crippen LogP contribution in [-0.4, -0.2) is 50.1 Å². The van der Waals surface area contributed by atoms with Crippen molar-refractivity contribution < 1.29 is 38.5 Å². The molecular formula is C40H35N3O8S. The third-order valence-electron chi connectivity index (χ3n) is 7.67. The van der Waals surface area contributed by atoms with Gasteiger partial charge in [-0.05, 0) is 78.4 Å². The Bertz CT molecular complexity index is 2070. The van der Waals surface area contributed by atoms with Gasteiger partial charge < -0.3 is 35.3 Å². The van der Waals surface area contributed by atoms with Crippen LogP contribution >= 0.6 is 11.8 Å². The topological polar surface area (TPSA) is 152 Å². The maximum atomic E-state index is 13.7. The molecule has 0 saturated carbocycles. The maximum Gasteiger partial charge on any atom is 0.335 e. The van der Waals surface area contributed by atoms with Crippen molar-refractivity contribution in [3.8, 4) is 17.2 Å². The van der Waals surface area contributed by atoms with Crippen LogP contribution in [0.4, 0.5) is 11.4 Å². The van der Waals surface area contributed by atoms with Crippen molar-refractivity contribution in [2.24, 2.45) is 0 Å². The molecule has 1 unspecified atom stereocenters. The molecule has 0 aliphatic rings. The molecule has 12 heteroatoms. The van der Waals surface area contributed by atoms with E-state index < -0.39 is 23.0 Å². The summed E-state index contributed by atoms with van der Waals surface area (Å²) in [5, 5.41) is 17.0. The number of aromatic carboxylic acids is 1. The molecule has 0 aromatic heterocycles. The van der Waals surface area contributed by atoms with Crippen LogP contribution < -0.4 is 30.2 Å². The summed E-state index contributed by atoms with van der Waals surface area (Å²) in [7, 11) is 4.46. The third-order valence-corrected chi connectivity index (χ3v) is 8.94. The van der Waals surface area contributed by atoms with Crippen LogP contribution in [0.15, 0.2) is 132 Å². The Balaban J connectivity index is 1.38. The molecule has 0 heterocycles. The van der Waals surface area contributed by atoms with Gasteiger partial charge in [0.25, 0.3) is 11.8 Å². The number of ether oxygens (including phenoxy) is 3. The number of hydrogen-bond acceptors (Lipinski definition) is 8. The Labute approximate surface area is 304 Å². The van der Waals surface area contributed by atoms with Gasteiger partial charge in [0.1, 0.15) is 16.7 Å². The lowest BCUT2D eigenvalue weighted by molar-refractivity contribution is -0.116. The molecular weight excluding hydrogens is 683 g/mol. The highest BCUT2D eigenvalue weighted by Gasteiger charge is 2.23. The third kappa shape index (κ3) is 9.37. The number of carbonyl (C=O) groups is 4. The first-order valence-electron chi connectivity index (χ1n) is 15.8. The number of amides is 3. The second kappa shape index (κ2) is 17.4. The number of nitrogens with one attached hydrogen (secondary N) is 3. The van der Waals surface area contributed by atoms with Crippen LogP contribution in [0.25, 0.3) is 6.08 Å². The van der Waals surface area contributed by atoms with E-state index in [4.69, 9.17) is 14.2 Å². The summed E-state index contributed by atoms with van der Waals surface area (Å²) in [4.78, 5) is 52.4. The van der Waals surface area contributed by atoms with E-state index in [0.717, 1.165) is 10.5 Å². The van der Waals surface area contributed by atoms with Crippen molar-refractivity contribution >= 4 is 52.9 Å². The van der Waals surface area contributed by atoms with E-state index in [-0.39, 0.29) is 17.2 Å². The fourth-order valence-electron chi connectivity index (χ4n) is 5.02. The van der Waals surface area contributed by atoms with E-state index in [9.17, 15) is 24.3 Å². The first-order valence-corrected chi connectivity index (χ1v) is 16.7. The zero-order valence-electron chi connectivity index (χ0n) is 28.4. The Kier molecular flexibility index (Phi) is 12.3. The van der Waals surface area contributed by atoms with E-state index in [0.29, 0.717) is 39.8 Å². The molecule has 0 spiro atoms. The van der Waals surface area contributed by atoms with Crippen LogP contribution in [0.5, 0.6) is 17.2 Å². The molecule has 264 valence electrons. The molecule has 52 heavy (non-hydrogen) atoms. The summed E-state index contributed by atoms with van der Waals surface area (Å²) < 4.78 is 16.4. The minimum absolute atomic E-state index is 0.0602. The number of methoxy groups -OCH3 is 3. The molecule has 0 aliphatic heterocycles. The first kappa shape index (κ1) is 36.7. The van der Waals surface area contributed by atoms with Crippen molar-refractivity contribution in [1.82, 2.24) is 5.32 Å². The van der Waals surface area contributed by atoms with Gasteiger partial charge in [0.2, 0.25) is 5.91 Å². The van der Waals surface area contributed by atoms with E-state index in [1.54, 1.807) is 66.7 Å². The van der Waals surface area contributed by atoms with Gasteiger partial charge in [0, 0.05) is 33.5 Å². The lowest BCUT2D eigenvalue weighted by Gasteiger charge is -2.18. The molecule has 0 fully saturated rings. The predicted octanol–water partition coefficient (Wildman–Crippen LogP) is 7.29. The number of carboxylic acids is 1. The van der Waals surface area contributed by atoms with Gasteiger partial charge in [0.15, 0.2) is 11.5 Å². The number of thioether (sulfide) groups is 1. The Morgan fingerprint density at radius 3 is 1.81 bits per heavy atom. The van der Waals surface area contributed by atoms with E-state index >= 15 is 0 Å². The molecule has 0 radical (unpaired) electrons. The van der Waals surface area contributed by atoms with E-state index in [1.165, 1.54) is 63.4 Å². The van der Waals surface area contributed by atoms with Gasteiger partial charge >= 0.3 is 5.97 Å². The van der Waals surface area contributed by atoms with Crippen LogP contribution in [0.3, 0.4) is 0 Å². The molecule has 5 rings (SSSR count). The van der Waals surface area contributed by atoms with Crippen LogP contribution in [0, 0.1) is 0 Å². The average Bonchev–Trinajstić information content (AvgIpc) is 3.17. The van der Waals surface area contributed by atoms with Gasteiger partial charge in [-0.3, -0.25) is 14.4 Å². The lowest BCUT2D eigenvalue weighted by Crippen LogP contribution is -2.30. The molecule has 0 saturated heterocycles. The van der Waals surface area contributed by atoms with Crippen LogP contribution in [-0.2, 0) is 9.59 Å². The first-order chi connectivity index (χ1) is 25.2. The smallest absolute Gasteiger partial charge is 0.335 e. The number of hydrogen-bond donors (Lipinski definition) is 4. The second-order valence-corrected chi connectivity index (χ2v) is 12.3. The van der Waals surface area contributed by atoms with Gasteiger partial charge in [-0.25, -0.2) is 4.79 Å². The predicted molar refractivity (Wildman–Crippen MR) is 200 cm³/mol. The summed E-state index contributed by atoms with van der Waals surface area (Å²) in [5.41, 5.74) is 2.52. The average molecular weight is 718 g/mol. The second-order valence-electron chi connectivity index (χ2n) is 11.1. The minimum Gasteiger partial charge on any atom is -0.496 e. The Morgan fingerprint density at radius 1 is 0.654 bits per heavy atom. The monoisotopic (exact) mass is 717 g/mol.